The average molecular weight is 347 g/mol. The highest BCUT2D eigenvalue weighted by atomic mass is 32.1. The highest BCUT2D eigenvalue weighted by molar-refractivity contribution is 7.10. The Bertz CT molecular complexity index is 697. The molecule has 1 saturated heterocycles. The Balaban J connectivity index is 1.81. The summed E-state index contributed by atoms with van der Waals surface area (Å²) < 4.78 is 11.1. The third kappa shape index (κ3) is 3.91. The van der Waals surface area contributed by atoms with Crippen LogP contribution in [0.3, 0.4) is 0 Å². The topological polar surface area (TPSA) is 64.5 Å². The van der Waals surface area contributed by atoms with Gasteiger partial charge in [-0.1, -0.05) is 0 Å². The van der Waals surface area contributed by atoms with Gasteiger partial charge in [0.05, 0.1) is 18.9 Å². The molecule has 2 aromatic rings. The smallest absolute Gasteiger partial charge is 0.411 e. The van der Waals surface area contributed by atoms with Crippen LogP contribution in [0.1, 0.15) is 31.8 Å². The maximum Gasteiger partial charge on any atom is 0.411 e. The Hall–Kier alpha value is -1.99. The van der Waals surface area contributed by atoms with Crippen molar-refractivity contribution in [3.8, 4) is 11.3 Å². The summed E-state index contributed by atoms with van der Waals surface area (Å²) >= 11 is 1.53. The molecule has 0 bridgehead atoms. The van der Waals surface area contributed by atoms with Crippen LogP contribution in [0.4, 0.5) is 4.79 Å². The minimum atomic E-state index is -0.523. The Morgan fingerprint density at radius 3 is 2.83 bits per heavy atom. The summed E-state index contributed by atoms with van der Waals surface area (Å²) in [5.74, 6) is 0. The van der Waals surface area contributed by atoms with Gasteiger partial charge in [-0.3, -0.25) is 9.88 Å². The lowest BCUT2D eigenvalue weighted by atomic mass is 10.2. The largest absolute Gasteiger partial charge is 0.444 e. The van der Waals surface area contributed by atoms with Gasteiger partial charge in [-0.15, -0.1) is 11.3 Å². The SMILES string of the molecule is CC(C)(C)OC(=O)N1CCOCC1c1nc(-c2ccncc2)cs1. The maximum atomic E-state index is 12.5. The number of aromatic nitrogens is 2. The number of amides is 1. The van der Waals surface area contributed by atoms with Crippen LogP contribution in [0, 0.1) is 0 Å². The van der Waals surface area contributed by atoms with Crippen LogP contribution in [0.2, 0.25) is 0 Å². The summed E-state index contributed by atoms with van der Waals surface area (Å²) in [4.78, 5) is 22.9. The highest BCUT2D eigenvalue weighted by Crippen LogP contribution is 2.31. The lowest BCUT2D eigenvalue weighted by Gasteiger charge is -2.35. The van der Waals surface area contributed by atoms with Crippen molar-refractivity contribution >= 4 is 17.4 Å². The van der Waals surface area contributed by atoms with Crippen molar-refractivity contribution in [3.05, 3.63) is 34.9 Å². The molecule has 1 amide bonds. The number of nitrogens with zero attached hydrogens (tertiary/aromatic N) is 3. The van der Waals surface area contributed by atoms with E-state index in [-0.39, 0.29) is 12.1 Å². The zero-order valence-corrected chi connectivity index (χ0v) is 14.9. The predicted octanol–water partition coefficient (Wildman–Crippen LogP) is 3.51. The van der Waals surface area contributed by atoms with Crippen LogP contribution < -0.4 is 0 Å². The number of morpholine rings is 1. The Kier molecular flexibility index (Phi) is 4.82. The average Bonchev–Trinajstić information content (AvgIpc) is 3.04. The quantitative estimate of drug-likeness (QED) is 0.832. The number of ether oxygens (including phenoxy) is 2. The first kappa shape index (κ1) is 16.9. The van der Waals surface area contributed by atoms with E-state index in [9.17, 15) is 4.79 Å². The molecule has 1 unspecified atom stereocenters. The minimum absolute atomic E-state index is 0.214. The Morgan fingerprint density at radius 1 is 1.38 bits per heavy atom. The van der Waals surface area contributed by atoms with Crippen LogP contribution in [0.5, 0.6) is 0 Å². The van der Waals surface area contributed by atoms with Gasteiger partial charge in [0.2, 0.25) is 0 Å². The number of pyridine rings is 1. The molecule has 1 aliphatic rings. The molecule has 1 atom stereocenters. The second-order valence-corrected chi connectivity index (χ2v) is 7.46. The van der Waals surface area contributed by atoms with Gasteiger partial charge in [0.1, 0.15) is 16.7 Å². The first-order valence-electron chi connectivity index (χ1n) is 7.87. The fraction of sp³-hybridized carbons (Fsp3) is 0.471. The zero-order valence-electron chi connectivity index (χ0n) is 14.1. The van der Waals surface area contributed by atoms with Crippen LogP contribution in [0.25, 0.3) is 11.3 Å². The standard InChI is InChI=1S/C17H21N3O3S/c1-17(2,3)23-16(21)20-8-9-22-10-14(20)15-19-13(11-24-15)12-4-6-18-7-5-12/h4-7,11,14H,8-10H2,1-3H3. The molecular formula is C17H21N3O3S. The van der Waals surface area contributed by atoms with Crippen molar-refractivity contribution in [2.24, 2.45) is 0 Å². The highest BCUT2D eigenvalue weighted by Gasteiger charge is 2.33. The number of hydrogen-bond donors (Lipinski definition) is 0. The fourth-order valence-electron chi connectivity index (χ4n) is 2.44. The fourth-order valence-corrected chi connectivity index (χ4v) is 3.37. The van der Waals surface area contributed by atoms with Gasteiger partial charge in [0, 0.05) is 29.9 Å². The van der Waals surface area contributed by atoms with Gasteiger partial charge < -0.3 is 9.47 Å². The van der Waals surface area contributed by atoms with E-state index in [1.54, 1.807) is 17.3 Å². The maximum absolute atomic E-state index is 12.5. The second kappa shape index (κ2) is 6.86. The van der Waals surface area contributed by atoms with Crippen molar-refractivity contribution in [2.75, 3.05) is 19.8 Å². The Labute approximate surface area is 145 Å². The summed E-state index contributed by atoms with van der Waals surface area (Å²) in [6.07, 6.45) is 3.16. The van der Waals surface area contributed by atoms with Crippen LogP contribution >= 0.6 is 11.3 Å². The molecule has 7 heteroatoms. The van der Waals surface area contributed by atoms with E-state index in [2.05, 4.69) is 4.98 Å². The van der Waals surface area contributed by atoms with Crippen molar-refractivity contribution < 1.29 is 14.3 Å². The van der Waals surface area contributed by atoms with Gasteiger partial charge in [-0.2, -0.15) is 0 Å². The monoisotopic (exact) mass is 347 g/mol. The second-order valence-electron chi connectivity index (χ2n) is 6.57. The normalized spacial score (nSPS) is 18.5. The van der Waals surface area contributed by atoms with E-state index in [1.165, 1.54) is 11.3 Å². The molecule has 6 nitrogen and oxygen atoms in total. The summed E-state index contributed by atoms with van der Waals surface area (Å²) in [5.41, 5.74) is 1.37. The lowest BCUT2D eigenvalue weighted by Crippen LogP contribution is -2.45. The van der Waals surface area contributed by atoms with E-state index < -0.39 is 5.60 Å². The van der Waals surface area contributed by atoms with Gasteiger partial charge in [-0.25, -0.2) is 9.78 Å². The molecule has 3 heterocycles. The van der Waals surface area contributed by atoms with Crippen molar-refractivity contribution in [1.29, 1.82) is 0 Å². The molecule has 128 valence electrons. The predicted molar refractivity (Wildman–Crippen MR) is 91.8 cm³/mol. The van der Waals surface area contributed by atoms with E-state index in [1.807, 2.05) is 38.3 Å². The lowest BCUT2D eigenvalue weighted by molar-refractivity contribution is -0.0331. The minimum Gasteiger partial charge on any atom is -0.444 e. The molecule has 0 aliphatic carbocycles. The van der Waals surface area contributed by atoms with Crippen molar-refractivity contribution in [2.45, 2.75) is 32.4 Å². The number of hydrogen-bond acceptors (Lipinski definition) is 6. The number of rotatable bonds is 2. The van der Waals surface area contributed by atoms with E-state index in [4.69, 9.17) is 14.5 Å². The Morgan fingerprint density at radius 2 is 2.12 bits per heavy atom. The van der Waals surface area contributed by atoms with Gasteiger partial charge in [-0.05, 0) is 32.9 Å². The molecule has 24 heavy (non-hydrogen) atoms. The van der Waals surface area contributed by atoms with Gasteiger partial charge in [0.25, 0.3) is 0 Å². The molecule has 0 aromatic carbocycles. The van der Waals surface area contributed by atoms with Crippen LogP contribution in [-0.2, 0) is 9.47 Å². The first-order chi connectivity index (χ1) is 11.4. The van der Waals surface area contributed by atoms with Crippen molar-refractivity contribution in [3.63, 3.8) is 0 Å². The molecule has 0 spiro atoms. The first-order valence-corrected chi connectivity index (χ1v) is 8.75. The summed E-state index contributed by atoms with van der Waals surface area (Å²) in [6.45, 7) is 7.05. The van der Waals surface area contributed by atoms with E-state index in [0.717, 1.165) is 16.3 Å². The molecule has 1 aliphatic heterocycles. The summed E-state index contributed by atoms with van der Waals surface area (Å²) in [5, 5.41) is 2.85. The summed E-state index contributed by atoms with van der Waals surface area (Å²) in [6, 6.07) is 3.62. The molecule has 0 saturated carbocycles. The van der Waals surface area contributed by atoms with Crippen molar-refractivity contribution in [1.82, 2.24) is 14.9 Å². The molecule has 2 aromatic heterocycles. The van der Waals surface area contributed by atoms with Crippen LogP contribution in [0.15, 0.2) is 29.9 Å². The van der Waals surface area contributed by atoms with E-state index >= 15 is 0 Å². The number of carbonyl (C=O) groups is 1. The third-order valence-corrected chi connectivity index (χ3v) is 4.49. The zero-order chi connectivity index (χ0) is 17.2. The molecule has 1 fully saturated rings. The number of carbonyl (C=O) groups excluding carboxylic acids is 1. The third-order valence-electron chi connectivity index (χ3n) is 3.54. The van der Waals surface area contributed by atoms with Gasteiger partial charge in [0.15, 0.2) is 0 Å². The van der Waals surface area contributed by atoms with Crippen LogP contribution in [-0.4, -0.2) is 46.3 Å². The molecule has 0 N–H and O–H groups in total. The molecular weight excluding hydrogens is 326 g/mol. The van der Waals surface area contributed by atoms with Gasteiger partial charge >= 0.3 is 6.09 Å². The molecule has 3 rings (SSSR count). The number of thiazole rings is 1. The molecule has 0 radical (unpaired) electrons. The summed E-state index contributed by atoms with van der Waals surface area (Å²) in [7, 11) is 0. The van der Waals surface area contributed by atoms with E-state index in [0.29, 0.717) is 19.8 Å².